The molecule has 0 aliphatic rings. The van der Waals surface area contributed by atoms with Crippen molar-refractivity contribution >= 4 is 16.9 Å². The number of hydrogen-bond acceptors (Lipinski definition) is 4. The average Bonchev–Trinajstić information content (AvgIpc) is 2.81. The van der Waals surface area contributed by atoms with Crippen molar-refractivity contribution in [3.63, 3.8) is 0 Å². The lowest BCUT2D eigenvalue weighted by Crippen LogP contribution is -2.08. The number of pyridine rings is 1. The molecule has 1 atom stereocenters. The molecule has 0 saturated heterocycles. The van der Waals surface area contributed by atoms with Crippen molar-refractivity contribution in [2.24, 2.45) is 0 Å². The first-order valence-electron chi connectivity index (χ1n) is 10.1. The molecule has 4 rings (SSSR count). The third-order valence-corrected chi connectivity index (χ3v) is 5.08. The van der Waals surface area contributed by atoms with E-state index in [0.29, 0.717) is 24.7 Å². The molecule has 3 aromatic carbocycles. The Labute approximate surface area is 180 Å². The second kappa shape index (κ2) is 9.30. The maximum Gasteiger partial charge on any atom is 0.310 e. The van der Waals surface area contributed by atoms with E-state index >= 15 is 0 Å². The normalized spacial score (nSPS) is 11.8. The van der Waals surface area contributed by atoms with Crippen molar-refractivity contribution in [2.75, 3.05) is 0 Å². The van der Waals surface area contributed by atoms with Crippen LogP contribution >= 0.6 is 0 Å². The number of aliphatic carboxylic acids is 1. The highest BCUT2D eigenvalue weighted by Crippen LogP contribution is 2.23. The molecule has 1 heterocycles. The molecule has 4 aromatic rings. The van der Waals surface area contributed by atoms with Gasteiger partial charge in [-0.15, -0.1) is 0 Å². The number of carbonyl (C=O) groups is 1. The number of aromatic nitrogens is 1. The monoisotopic (exact) mass is 413 g/mol. The van der Waals surface area contributed by atoms with Crippen LogP contribution < -0.4 is 9.47 Å². The Balaban J connectivity index is 1.38. The van der Waals surface area contributed by atoms with Crippen LogP contribution in [0.4, 0.5) is 0 Å². The van der Waals surface area contributed by atoms with E-state index in [1.165, 1.54) is 0 Å². The second-order valence-electron chi connectivity index (χ2n) is 7.35. The van der Waals surface area contributed by atoms with Gasteiger partial charge in [0.15, 0.2) is 0 Å². The summed E-state index contributed by atoms with van der Waals surface area (Å²) in [5.41, 5.74) is 3.47. The minimum Gasteiger partial charge on any atom is -0.489 e. The third kappa shape index (κ3) is 5.20. The van der Waals surface area contributed by atoms with Gasteiger partial charge in [-0.3, -0.25) is 4.79 Å². The first kappa shape index (κ1) is 20.4. The van der Waals surface area contributed by atoms with Gasteiger partial charge in [-0.1, -0.05) is 54.6 Å². The van der Waals surface area contributed by atoms with Crippen LogP contribution in [0.1, 0.15) is 29.7 Å². The summed E-state index contributed by atoms with van der Waals surface area (Å²) >= 11 is 0. The van der Waals surface area contributed by atoms with E-state index in [-0.39, 0.29) is 0 Å². The van der Waals surface area contributed by atoms with Gasteiger partial charge in [0.2, 0.25) is 0 Å². The molecule has 0 radical (unpaired) electrons. The van der Waals surface area contributed by atoms with Crippen LogP contribution in [0.2, 0.25) is 0 Å². The number of benzene rings is 3. The second-order valence-corrected chi connectivity index (χ2v) is 7.35. The Kier molecular flexibility index (Phi) is 6.13. The van der Waals surface area contributed by atoms with Crippen molar-refractivity contribution in [2.45, 2.75) is 26.1 Å². The molecule has 0 spiro atoms. The number of para-hydroxylation sites is 1. The summed E-state index contributed by atoms with van der Waals surface area (Å²) < 4.78 is 11.8. The molecule has 156 valence electrons. The van der Waals surface area contributed by atoms with Gasteiger partial charge in [0.25, 0.3) is 0 Å². The van der Waals surface area contributed by atoms with Gasteiger partial charge >= 0.3 is 5.97 Å². The minimum atomic E-state index is -0.844. The average molecular weight is 413 g/mol. The van der Waals surface area contributed by atoms with E-state index in [0.717, 1.165) is 27.7 Å². The molecule has 5 heteroatoms. The molecule has 0 saturated carbocycles. The summed E-state index contributed by atoms with van der Waals surface area (Å²) in [5.74, 6) is -0.0226. The predicted molar refractivity (Wildman–Crippen MR) is 119 cm³/mol. The fourth-order valence-corrected chi connectivity index (χ4v) is 3.26. The van der Waals surface area contributed by atoms with E-state index in [1.807, 2.05) is 84.9 Å². The Bertz CT molecular complexity index is 1200. The Morgan fingerprint density at radius 2 is 1.61 bits per heavy atom. The van der Waals surface area contributed by atoms with Crippen molar-refractivity contribution < 1.29 is 19.4 Å². The lowest BCUT2D eigenvalue weighted by molar-refractivity contribution is -0.138. The number of hydrogen-bond donors (Lipinski definition) is 1. The molecule has 5 nitrogen and oxygen atoms in total. The van der Waals surface area contributed by atoms with E-state index in [4.69, 9.17) is 9.47 Å². The van der Waals surface area contributed by atoms with Crippen molar-refractivity contribution in [1.29, 1.82) is 0 Å². The molecule has 0 fully saturated rings. The smallest absolute Gasteiger partial charge is 0.310 e. The maximum atomic E-state index is 11.2. The summed E-state index contributed by atoms with van der Waals surface area (Å²) in [6.45, 7) is 2.38. The molecule has 0 aliphatic carbocycles. The zero-order valence-corrected chi connectivity index (χ0v) is 17.2. The number of fused-ring (bicyclic) bond motifs is 1. The van der Waals surface area contributed by atoms with Crippen LogP contribution in [0.25, 0.3) is 10.9 Å². The maximum absolute atomic E-state index is 11.2. The lowest BCUT2D eigenvalue weighted by Gasteiger charge is -2.11. The fraction of sp³-hybridized carbons (Fsp3) is 0.154. The highest BCUT2D eigenvalue weighted by Gasteiger charge is 2.13. The summed E-state index contributed by atoms with van der Waals surface area (Å²) in [6.07, 6.45) is 0. The summed E-state index contributed by atoms with van der Waals surface area (Å²) in [5, 5.41) is 10.3. The summed E-state index contributed by atoms with van der Waals surface area (Å²) in [7, 11) is 0. The summed E-state index contributed by atoms with van der Waals surface area (Å²) in [6, 6.07) is 26.9. The molecular weight excluding hydrogens is 390 g/mol. The topological polar surface area (TPSA) is 68.7 Å². The number of carboxylic acid groups (broad SMARTS) is 1. The molecule has 0 amide bonds. The molecule has 1 unspecified atom stereocenters. The molecule has 0 bridgehead atoms. The van der Waals surface area contributed by atoms with Gasteiger partial charge in [-0.2, -0.15) is 0 Å². The third-order valence-electron chi connectivity index (χ3n) is 5.08. The molecule has 1 N–H and O–H groups in total. The SMILES string of the molecule is CC(C(=O)O)c1cccc(COc2cccc(OCc3ccc4ccccc4n3)c2)c1. The quantitative estimate of drug-likeness (QED) is 0.408. The van der Waals surface area contributed by atoms with Crippen LogP contribution in [0, 0.1) is 0 Å². The van der Waals surface area contributed by atoms with Gasteiger partial charge in [0.05, 0.1) is 17.1 Å². The lowest BCUT2D eigenvalue weighted by atomic mass is 9.99. The standard InChI is InChI=1S/C26H23NO4/c1-18(26(28)29)21-8-4-6-19(14-21)16-30-23-9-5-10-24(15-23)31-17-22-13-12-20-7-2-3-11-25(20)27-22/h2-15,18H,16-17H2,1H3,(H,28,29). The zero-order chi connectivity index (χ0) is 21.6. The number of ether oxygens (including phenoxy) is 2. The van der Waals surface area contributed by atoms with Gasteiger partial charge in [0.1, 0.15) is 24.7 Å². The van der Waals surface area contributed by atoms with Gasteiger partial charge in [0, 0.05) is 11.5 Å². The first-order chi connectivity index (χ1) is 15.1. The van der Waals surface area contributed by atoms with Crippen LogP contribution in [0.3, 0.4) is 0 Å². The number of nitrogens with zero attached hydrogens (tertiary/aromatic N) is 1. The highest BCUT2D eigenvalue weighted by atomic mass is 16.5. The Hall–Kier alpha value is -3.86. The minimum absolute atomic E-state index is 0.343. The van der Waals surface area contributed by atoms with Crippen LogP contribution in [-0.2, 0) is 18.0 Å². The summed E-state index contributed by atoms with van der Waals surface area (Å²) in [4.78, 5) is 15.8. The van der Waals surface area contributed by atoms with Gasteiger partial charge in [-0.05, 0) is 42.3 Å². The fourth-order valence-electron chi connectivity index (χ4n) is 3.26. The van der Waals surface area contributed by atoms with E-state index < -0.39 is 11.9 Å². The molecular formula is C26H23NO4. The number of carboxylic acids is 1. The Morgan fingerprint density at radius 3 is 2.42 bits per heavy atom. The Morgan fingerprint density at radius 1 is 0.871 bits per heavy atom. The van der Waals surface area contributed by atoms with Crippen molar-refractivity contribution in [3.8, 4) is 11.5 Å². The van der Waals surface area contributed by atoms with Gasteiger partial charge < -0.3 is 14.6 Å². The molecule has 0 aliphatic heterocycles. The van der Waals surface area contributed by atoms with Crippen LogP contribution in [0.5, 0.6) is 11.5 Å². The van der Waals surface area contributed by atoms with Crippen molar-refractivity contribution in [3.05, 3.63) is 102 Å². The molecule has 1 aromatic heterocycles. The van der Waals surface area contributed by atoms with E-state index in [1.54, 1.807) is 6.92 Å². The zero-order valence-electron chi connectivity index (χ0n) is 17.2. The molecule has 31 heavy (non-hydrogen) atoms. The number of rotatable bonds is 8. The van der Waals surface area contributed by atoms with E-state index in [9.17, 15) is 9.90 Å². The largest absolute Gasteiger partial charge is 0.489 e. The van der Waals surface area contributed by atoms with Crippen LogP contribution in [-0.4, -0.2) is 16.1 Å². The van der Waals surface area contributed by atoms with E-state index in [2.05, 4.69) is 4.98 Å². The van der Waals surface area contributed by atoms with Crippen LogP contribution in [0.15, 0.2) is 84.9 Å². The van der Waals surface area contributed by atoms with Gasteiger partial charge in [-0.25, -0.2) is 4.98 Å². The van der Waals surface area contributed by atoms with Crippen molar-refractivity contribution in [1.82, 2.24) is 4.98 Å². The first-order valence-corrected chi connectivity index (χ1v) is 10.1. The predicted octanol–water partition coefficient (Wildman–Crippen LogP) is 5.58. The highest BCUT2D eigenvalue weighted by molar-refractivity contribution is 5.78.